The predicted octanol–water partition coefficient (Wildman–Crippen LogP) is 2.45. The van der Waals surface area contributed by atoms with Gasteiger partial charge >= 0.3 is 12.0 Å². The molecule has 0 aliphatic carbocycles. The Morgan fingerprint density at radius 3 is 2.27 bits per heavy atom. The second-order valence-corrected chi connectivity index (χ2v) is 14.3. The molecule has 4 saturated heterocycles. The Kier molecular flexibility index (Phi) is 11.2. The number of piperazine rings is 1. The molecule has 288 valence electrons. The Morgan fingerprint density at radius 1 is 0.945 bits per heavy atom. The first-order valence-electron chi connectivity index (χ1n) is 18.5. The average Bonchev–Trinajstić information content (AvgIpc) is 3.78. The molecule has 2 bridgehead atoms. The number of piperidine rings is 1. The first-order valence-corrected chi connectivity index (χ1v) is 18.5. The van der Waals surface area contributed by atoms with Crippen LogP contribution in [0, 0.1) is 0 Å². The number of likely N-dealkylation sites (tertiary alicyclic amines) is 1. The number of urea groups is 1. The summed E-state index contributed by atoms with van der Waals surface area (Å²) in [4.78, 5) is 59.8. The molecule has 5 heterocycles. The quantitative estimate of drug-likeness (QED) is 0.217. The van der Waals surface area contributed by atoms with Crippen molar-refractivity contribution < 1.29 is 29.0 Å². The number of carbonyl (C=O) groups is 4. The molecule has 0 saturated carbocycles. The van der Waals surface area contributed by atoms with E-state index in [1.807, 2.05) is 48.5 Å². The number of carboxylic acids is 1. The maximum atomic E-state index is 14.2. The van der Waals surface area contributed by atoms with Crippen molar-refractivity contribution in [1.29, 1.82) is 0 Å². The number of fused-ring (bicyclic) bond motifs is 3. The minimum Gasteiger partial charge on any atom is -0.496 e. The fourth-order valence-electron chi connectivity index (χ4n) is 8.15. The number of nitrogens with one attached hydrogen (secondary N) is 1. The van der Waals surface area contributed by atoms with Crippen LogP contribution in [0.4, 0.5) is 4.79 Å². The van der Waals surface area contributed by atoms with Crippen LogP contribution in [-0.4, -0.2) is 147 Å². The number of carbonyl (C=O) groups excluding carboxylic acids is 3. The van der Waals surface area contributed by atoms with Crippen LogP contribution < -0.4 is 10.1 Å². The minimum absolute atomic E-state index is 0.0124. The molecule has 4 aromatic rings. The zero-order valence-corrected chi connectivity index (χ0v) is 31.0. The van der Waals surface area contributed by atoms with Crippen LogP contribution in [0.15, 0.2) is 85.2 Å². The fourth-order valence-corrected chi connectivity index (χ4v) is 8.15. The highest BCUT2D eigenvalue weighted by molar-refractivity contribution is 6.01. The van der Waals surface area contributed by atoms with E-state index in [1.54, 1.807) is 40.1 Å². The summed E-state index contributed by atoms with van der Waals surface area (Å²) in [5.41, 5.74) is 1.99. The van der Waals surface area contributed by atoms with E-state index in [0.717, 1.165) is 24.1 Å². The highest BCUT2D eigenvalue weighted by atomic mass is 16.5. The van der Waals surface area contributed by atoms with E-state index in [9.17, 15) is 24.3 Å². The lowest BCUT2D eigenvalue weighted by molar-refractivity contribution is -0.190. The number of amides is 4. The van der Waals surface area contributed by atoms with Gasteiger partial charge in [-0.1, -0.05) is 60.7 Å². The van der Waals surface area contributed by atoms with Crippen molar-refractivity contribution in [2.24, 2.45) is 0 Å². The molecule has 4 amide bonds. The molecule has 2 atom stereocenters. The van der Waals surface area contributed by atoms with Gasteiger partial charge in [-0.3, -0.25) is 19.8 Å². The third kappa shape index (κ3) is 7.78. The van der Waals surface area contributed by atoms with Gasteiger partial charge in [0.1, 0.15) is 12.1 Å². The SMILES string of the molecule is COc1ccc(-n2cnnn2)cc1C(=O)N(C)CC(CCN1CCC(C(=O)NC(=O)N2C(C(=O)O)N3CCN2CC3)(c2ccccc2)CC1)c1ccccc1. The summed E-state index contributed by atoms with van der Waals surface area (Å²) in [5, 5.41) is 26.8. The molecule has 55 heavy (non-hydrogen) atoms. The second-order valence-electron chi connectivity index (χ2n) is 14.3. The number of benzene rings is 3. The summed E-state index contributed by atoms with van der Waals surface area (Å²) < 4.78 is 7.04. The lowest BCUT2D eigenvalue weighted by Crippen LogP contribution is -2.74. The fraction of sp³-hybridized carbons (Fsp3) is 0.410. The summed E-state index contributed by atoms with van der Waals surface area (Å²) in [6, 6.07) is 24.2. The normalized spacial score (nSPS) is 21.1. The molecule has 3 aromatic carbocycles. The Morgan fingerprint density at radius 2 is 1.64 bits per heavy atom. The van der Waals surface area contributed by atoms with Crippen molar-refractivity contribution in [2.45, 2.75) is 36.8 Å². The van der Waals surface area contributed by atoms with Gasteiger partial charge in [-0.25, -0.2) is 24.3 Å². The summed E-state index contributed by atoms with van der Waals surface area (Å²) in [6.45, 7) is 4.51. The van der Waals surface area contributed by atoms with Gasteiger partial charge in [0.05, 0.1) is 23.8 Å². The Bertz CT molecular complexity index is 1970. The summed E-state index contributed by atoms with van der Waals surface area (Å²) in [5.74, 6) is -1.28. The average molecular weight is 751 g/mol. The number of ether oxygens (including phenoxy) is 1. The van der Waals surface area contributed by atoms with E-state index < -0.39 is 29.5 Å². The number of hydrazine groups is 1. The number of hydrogen-bond acceptors (Lipinski definition) is 11. The van der Waals surface area contributed by atoms with Crippen molar-refractivity contribution in [3.05, 3.63) is 102 Å². The number of imide groups is 1. The molecule has 1 aromatic heterocycles. The van der Waals surface area contributed by atoms with Crippen LogP contribution >= 0.6 is 0 Å². The summed E-state index contributed by atoms with van der Waals surface area (Å²) in [7, 11) is 3.32. The van der Waals surface area contributed by atoms with Crippen molar-refractivity contribution in [1.82, 2.24) is 50.2 Å². The Labute approximate surface area is 319 Å². The first-order chi connectivity index (χ1) is 26.7. The van der Waals surface area contributed by atoms with Crippen molar-refractivity contribution in [3.8, 4) is 11.4 Å². The van der Waals surface area contributed by atoms with E-state index in [2.05, 4.69) is 37.9 Å². The number of likely N-dealkylation sites (N-methyl/N-ethyl adjacent to an activating group) is 1. The van der Waals surface area contributed by atoms with Gasteiger partial charge in [0.15, 0.2) is 0 Å². The number of methoxy groups -OCH3 is 1. The van der Waals surface area contributed by atoms with Crippen LogP contribution in [-0.2, 0) is 15.0 Å². The van der Waals surface area contributed by atoms with E-state index in [0.29, 0.717) is 75.7 Å². The van der Waals surface area contributed by atoms with Crippen molar-refractivity contribution in [2.75, 3.05) is 66.5 Å². The summed E-state index contributed by atoms with van der Waals surface area (Å²) >= 11 is 0. The molecular formula is C39H46N10O6. The first kappa shape index (κ1) is 37.6. The van der Waals surface area contributed by atoms with E-state index in [4.69, 9.17) is 4.74 Å². The number of rotatable bonds is 12. The van der Waals surface area contributed by atoms with Crippen LogP contribution in [0.2, 0.25) is 0 Å². The zero-order valence-electron chi connectivity index (χ0n) is 31.0. The molecule has 16 heteroatoms. The smallest absolute Gasteiger partial charge is 0.343 e. The number of nitrogens with zero attached hydrogens (tertiary/aromatic N) is 9. The number of aliphatic carboxylic acids is 1. The number of carboxylic acid groups (broad SMARTS) is 1. The lowest BCUT2D eigenvalue weighted by Gasteiger charge is -2.52. The molecule has 0 spiro atoms. The third-order valence-corrected chi connectivity index (χ3v) is 11.2. The van der Waals surface area contributed by atoms with Gasteiger partial charge in [-0.15, -0.1) is 5.10 Å². The highest BCUT2D eigenvalue weighted by Crippen LogP contribution is 2.37. The van der Waals surface area contributed by atoms with Crippen LogP contribution in [0.5, 0.6) is 5.75 Å². The topological polar surface area (TPSA) is 170 Å². The maximum Gasteiger partial charge on any atom is 0.343 e. The van der Waals surface area contributed by atoms with Crippen molar-refractivity contribution in [3.63, 3.8) is 0 Å². The number of aromatic nitrogens is 4. The van der Waals surface area contributed by atoms with Gasteiger partial charge in [0.25, 0.3) is 5.91 Å². The molecule has 4 aliphatic heterocycles. The van der Waals surface area contributed by atoms with E-state index in [-0.39, 0.29) is 11.8 Å². The maximum absolute atomic E-state index is 14.2. The van der Waals surface area contributed by atoms with Gasteiger partial charge < -0.3 is 19.6 Å². The van der Waals surface area contributed by atoms with Crippen LogP contribution in [0.25, 0.3) is 5.69 Å². The Hall–Kier alpha value is -5.71. The molecule has 2 N–H and O–H groups in total. The largest absolute Gasteiger partial charge is 0.496 e. The van der Waals surface area contributed by atoms with E-state index >= 15 is 0 Å². The van der Waals surface area contributed by atoms with Crippen LogP contribution in [0.3, 0.4) is 0 Å². The molecule has 4 aliphatic rings. The van der Waals surface area contributed by atoms with Gasteiger partial charge in [0, 0.05) is 45.7 Å². The van der Waals surface area contributed by atoms with Crippen LogP contribution in [0.1, 0.15) is 46.7 Å². The van der Waals surface area contributed by atoms with Gasteiger partial charge in [-0.2, -0.15) is 0 Å². The van der Waals surface area contributed by atoms with Gasteiger partial charge in [0.2, 0.25) is 12.1 Å². The van der Waals surface area contributed by atoms with Crippen molar-refractivity contribution >= 4 is 23.8 Å². The molecule has 4 fully saturated rings. The molecule has 2 unspecified atom stereocenters. The molecule has 8 rings (SSSR count). The number of hydrogen-bond donors (Lipinski definition) is 2. The lowest BCUT2D eigenvalue weighted by atomic mass is 9.72. The molecular weight excluding hydrogens is 704 g/mol. The highest BCUT2D eigenvalue weighted by Gasteiger charge is 2.49. The minimum atomic E-state index is -1.15. The standard InChI is InChI=1S/C39H46N10O6/c1-44(35(50)32-25-31(13-14-33(32)55-2)48-27-40-42-43-48)26-29(28-9-5-3-6-10-28)15-18-45-19-16-39(17-20-45,30-11-7-4-8-12-30)37(53)41-38(54)49-34(36(51)52)46-21-23-47(49)24-22-46/h3-14,25,27,29,34H,15-24,26H2,1-2H3,(H,51,52)(H,41,53,54). The number of tetrazole rings is 1. The Balaban J connectivity index is 1.04. The monoisotopic (exact) mass is 750 g/mol. The summed E-state index contributed by atoms with van der Waals surface area (Å²) in [6.07, 6.45) is 2.01. The van der Waals surface area contributed by atoms with E-state index in [1.165, 1.54) is 23.1 Å². The third-order valence-electron chi connectivity index (χ3n) is 11.2. The van der Waals surface area contributed by atoms with Gasteiger partial charge in [-0.05, 0) is 78.6 Å². The second kappa shape index (κ2) is 16.3. The molecule has 16 nitrogen and oxygen atoms in total. The molecule has 0 radical (unpaired) electrons. The zero-order chi connectivity index (χ0) is 38.5. The predicted molar refractivity (Wildman–Crippen MR) is 200 cm³/mol.